The van der Waals surface area contributed by atoms with Gasteiger partial charge in [0.2, 0.25) is 0 Å². The summed E-state index contributed by atoms with van der Waals surface area (Å²) in [5, 5.41) is 3.54. The second kappa shape index (κ2) is 9.67. The van der Waals surface area contributed by atoms with E-state index in [2.05, 4.69) is 65.3 Å². The van der Waals surface area contributed by atoms with Crippen molar-refractivity contribution in [1.82, 2.24) is 15.1 Å². The Labute approximate surface area is 147 Å². The van der Waals surface area contributed by atoms with E-state index >= 15 is 0 Å². The average molecular weight is 331 g/mol. The van der Waals surface area contributed by atoms with E-state index in [0.29, 0.717) is 0 Å². The topological polar surface area (TPSA) is 30.9 Å². The van der Waals surface area contributed by atoms with E-state index in [1.54, 1.807) is 0 Å². The maximum Gasteiger partial charge on any atom is 0.193 e. The lowest BCUT2D eigenvalue weighted by Gasteiger charge is -2.31. The van der Waals surface area contributed by atoms with Gasteiger partial charge in [0, 0.05) is 27.2 Å². The van der Waals surface area contributed by atoms with Crippen LogP contribution in [0, 0.1) is 12.8 Å². The molecule has 1 fully saturated rings. The third-order valence-electron chi connectivity index (χ3n) is 5.10. The number of piperidine rings is 1. The van der Waals surface area contributed by atoms with Gasteiger partial charge in [-0.05, 0) is 57.3 Å². The Kier molecular flexibility index (Phi) is 7.57. The first-order valence-electron chi connectivity index (χ1n) is 9.32. The molecule has 4 nitrogen and oxygen atoms in total. The molecule has 4 heteroatoms. The number of hydrogen-bond donors (Lipinski definition) is 1. The maximum atomic E-state index is 4.43. The highest BCUT2D eigenvalue weighted by Crippen LogP contribution is 2.19. The lowest BCUT2D eigenvalue weighted by atomic mass is 9.93. The van der Waals surface area contributed by atoms with Crippen LogP contribution in [0.1, 0.15) is 37.3 Å². The van der Waals surface area contributed by atoms with Gasteiger partial charge < -0.3 is 15.1 Å². The van der Waals surface area contributed by atoms with Crippen molar-refractivity contribution in [2.24, 2.45) is 10.9 Å². The van der Waals surface area contributed by atoms with Crippen molar-refractivity contribution in [3.8, 4) is 0 Å². The molecule has 0 aliphatic carbocycles. The number of benzene rings is 1. The Bertz CT molecular complexity index is 501. The number of aliphatic imine (C=N–C) groups is 1. The van der Waals surface area contributed by atoms with Crippen molar-refractivity contribution >= 4 is 5.96 Å². The van der Waals surface area contributed by atoms with Gasteiger partial charge in [0.05, 0.1) is 0 Å². The minimum Gasteiger partial charge on any atom is -0.356 e. The Balaban J connectivity index is 1.72. The van der Waals surface area contributed by atoms with Crippen LogP contribution in [0.5, 0.6) is 0 Å². The number of rotatable bonds is 6. The van der Waals surface area contributed by atoms with Gasteiger partial charge in [-0.2, -0.15) is 0 Å². The summed E-state index contributed by atoms with van der Waals surface area (Å²) in [6.45, 7) is 10.0. The third-order valence-corrected chi connectivity index (χ3v) is 5.10. The molecule has 0 spiro atoms. The van der Waals surface area contributed by atoms with Crippen LogP contribution in [0.15, 0.2) is 29.3 Å². The predicted octanol–water partition coefficient (Wildman–Crippen LogP) is 3.12. The summed E-state index contributed by atoms with van der Waals surface area (Å²) in [7, 11) is 3.97. The van der Waals surface area contributed by atoms with Gasteiger partial charge >= 0.3 is 0 Å². The van der Waals surface area contributed by atoms with E-state index in [9.17, 15) is 0 Å². The monoisotopic (exact) mass is 330 g/mol. The molecule has 0 saturated carbocycles. The molecule has 0 aromatic heterocycles. The molecule has 0 atom stereocenters. The molecule has 0 amide bonds. The molecule has 1 aromatic carbocycles. The SMILES string of the molecule is CCN1CCC(CCNC(=NC)N(C)Cc2ccc(C)cc2)CC1. The van der Waals surface area contributed by atoms with Crippen molar-refractivity contribution in [3.63, 3.8) is 0 Å². The first-order valence-corrected chi connectivity index (χ1v) is 9.32. The largest absolute Gasteiger partial charge is 0.356 e. The minimum absolute atomic E-state index is 0.862. The van der Waals surface area contributed by atoms with Crippen LogP contribution >= 0.6 is 0 Å². The zero-order valence-electron chi connectivity index (χ0n) is 15.9. The fraction of sp³-hybridized carbons (Fsp3) is 0.650. The fourth-order valence-electron chi connectivity index (χ4n) is 3.41. The van der Waals surface area contributed by atoms with Gasteiger partial charge in [0.15, 0.2) is 5.96 Å². The molecule has 1 aliphatic rings. The van der Waals surface area contributed by atoms with Crippen molar-refractivity contribution in [2.75, 3.05) is 40.3 Å². The van der Waals surface area contributed by atoms with Crippen molar-refractivity contribution < 1.29 is 0 Å². The van der Waals surface area contributed by atoms with Crippen LogP contribution in [-0.2, 0) is 6.54 Å². The van der Waals surface area contributed by atoms with Crippen molar-refractivity contribution in [2.45, 2.75) is 39.7 Å². The highest BCUT2D eigenvalue weighted by molar-refractivity contribution is 5.79. The fourth-order valence-corrected chi connectivity index (χ4v) is 3.41. The van der Waals surface area contributed by atoms with E-state index in [1.165, 1.54) is 50.0 Å². The number of hydrogen-bond acceptors (Lipinski definition) is 2. The molecule has 0 bridgehead atoms. The molecule has 1 N–H and O–H groups in total. The number of aryl methyl sites for hydroxylation is 1. The molecular formula is C20H34N4. The van der Waals surface area contributed by atoms with Gasteiger partial charge in [-0.1, -0.05) is 36.8 Å². The highest BCUT2D eigenvalue weighted by atomic mass is 15.3. The molecule has 134 valence electrons. The Morgan fingerprint density at radius 3 is 2.50 bits per heavy atom. The van der Waals surface area contributed by atoms with Crippen LogP contribution in [-0.4, -0.2) is 56.0 Å². The lowest BCUT2D eigenvalue weighted by molar-refractivity contribution is 0.187. The van der Waals surface area contributed by atoms with Crippen molar-refractivity contribution in [1.29, 1.82) is 0 Å². The summed E-state index contributed by atoms with van der Waals surface area (Å²) >= 11 is 0. The van der Waals surface area contributed by atoms with Gasteiger partial charge in [-0.3, -0.25) is 4.99 Å². The summed E-state index contributed by atoms with van der Waals surface area (Å²) in [5.41, 5.74) is 2.62. The minimum atomic E-state index is 0.862. The quantitative estimate of drug-likeness (QED) is 0.642. The van der Waals surface area contributed by atoms with Gasteiger partial charge in [0.25, 0.3) is 0 Å². The molecule has 1 aromatic rings. The molecule has 24 heavy (non-hydrogen) atoms. The zero-order chi connectivity index (χ0) is 17.4. The molecule has 1 saturated heterocycles. The normalized spacial score (nSPS) is 17.1. The lowest BCUT2D eigenvalue weighted by Crippen LogP contribution is -2.40. The van der Waals surface area contributed by atoms with Crippen LogP contribution in [0.2, 0.25) is 0 Å². The first-order chi connectivity index (χ1) is 11.6. The summed E-state index contributed by atoms with van der Waals surface area (Å²) in [4.78, 5) is 9.19. The summed E-state index contributed by atoms with van der Waals surface area (Å²) < 4.78 is 0. The maximum absolute atomic E-state index is 4.43. The van der Waals surface area contributed by atoms with E-state index in [0.717, 1.165) is 25.0 Å². The Morgan fingerprint density at radius 1 is 1.25 bits per heavy atom. The van der Waals surface area contributed by atoms with Gasteiger partial charge in [0.1, 0.15) is 0 Å². The summed E-state index contributed by atoms with van der Waals surface area (Å²) in [6, 6.07) is 8.73. The number of nitrogens with zero attached hydrogens (tertiary/aromatic N) is 3. The Hall–Kier alpha value is -1.55. The zero-order valence-corrected chi connectivity index (χ0v) is 15.9. The molecule has 1 heterocycles. The Morgan fingerprint density at radius 2 is 1.92 bits per heavy atom. The van der Waals surface area contributed by atoms with E-state index in [1.807, 2.05) is 7.05 Å². The molecule has 1 aliphatic heterocycles. The van der Waals surface area contributed by atoms with Crippen LogP contribution < -0.4 is 5.32 Å². The van der Waals surface area contributed by atoms with Crippen LogP contribution in [0.4, 0.5) is 0 Å². The first kappa shape index (κ1) is 18.8. The summed E-state index contributed by atoms with van der Waals surface area (Å²) in [6.07, 6.45) is 3.93. The van der Waals surface area contributed by atoms with E-state index in [4.69, 9.17) is 0 Å². The van der Waals surface area contributed by atoms with Crippen LogP contribution in [0.25, 0.3) is 0 Å². The highest BCUT2D eigenvalue weighted by Gasteiger charge is 2.17. The van der Waals surface area contributed by atoms with Crippen LogP contribution in [0.3, 0.4) is 0 Å². The number of nitrogens with one attached hydrogen (secondary N) is 1. The second-order valence-corrected chi connectivity index (χ2v) is 6.98. The summed E-state index contributed by atoms with van der Waals surface area (Å²) in [5.74, 6) is 1.85. The standard InChI is InChI=1S/C20H34N4/c1-5-24-14-11-18(12-15-24)10-13-22-20(21-3)23(4)16-19-8-6-17(2)7-9-19/h6-9,18H,5,10-16H2,1-4H3,(H,21,22). The van der Waals surface area contributed by atoms with Gasteiger partial charge in [-0.15, -0.1) is 0 Å². The molecular weight excluding hydrogens is 296 g/mol. The van der Waals surface area contributed by atoms with Gasteiger partial charge in [-0.25, -0.2) is 0 Å². The number of guanidine groups is 1. The molecule has 0 radical (unpaired) electrons. The number of likely N-dealkylation sites (tertiary alicyclic amines) is 1. The predicted molar refractivity (Wildman–Crippen MR) is 103 cm³/mol. The second-order valence-electron chi connectivity index (χ2n) is 6.98. The van der Waals surface area contributed by atoms with E-state index < -0.39 is 0 Å². The molecule has 0 unspecified atom stereocenters. The molecule has 2 rings (SSSR count). The van der Waals surface area contributed by atoms with Crippen molar-refractivity contribution in [3.05, 3.63) is 35.4 Å². The third kappa shape index (κ3) is 5.82. The average Bonchev–Trinajstić information content (AvgIpc) is 2.61. The van der Waals surface area contributed by atoms with E-state index in [-0.39, 0.29) is 0 Å². The smallest absolute Gasteiger partial charge is 0.193 e.